The Morgan fingerprint density at radius 2 is 1.76 bits per heavy atom. The van der Waals surface area contributed by atoms with Gasteiger partial charge in [0.1, 0.15) is 17.8 Å². The lowest BCUT2D eigenvalue weighted by Crippen LogP contribution is -2.31. The number of hydrazine groups is 1. The average molecular weight is 395 g/mol. The predicted molar refractivity (Wildman–Crippen MR) is 104 cm³/mol. The average Bonchev–Trinajstić information content (AvgIpc) is 2.73. The van der Waals surface area contributed by atoms with E-state index in [0.29, 0.717) is 11.5 Å². The molecule has 0 spiro atoms. The molecule has 0 fully saturated rings. The van der Waals surface area contributed by atoms with Gasteiger partial charge < -0.3 is 9.47 Å². The van der Waals surface area contributed by atoms with Crippen LogP contribution in [0.2, 0.25) is 0 Å². The Hall–Kier alpha value is -4.21. The summed E-state index contributed by atoms with van der Waals surface area (Å²) in [6.45, 7) is 0. The van der Waals surface area contributed by atoms with Crippen molar-refractivity contribution >= 4 is 17.4 Å². The van der Waals surface area contributed by atoms with E-state index in [2.05, 4.69) is 20.8 Å². The van der Waals surface area contributed by atoms with Gasteiger partial charge in [0, 0.05) is 0 Å². The van der Waals surface area contributed by atoms with Gasteiger partial charge in [-0.2, -0.15) is 4.98 Å². The molecule has 3 aromatic rings. The van der Waals surface area contributed by atoms with Crippen LogP contribution in [0, 0.1) is 10.1 Å². The molecule has 0 saturated heterocycles. The van der Waals surface area contributed by atoms with Crippen molar-refractivity contribution in [1.82, 2.24) is 15.4 Å². The molecule has 3 rings (SSSR count). The van der Waals surface area contributed by atoms with Gasteiger partial charge in [-0.05, 0) is 29.8 Å². The molecule has 10 nitrogen and oxygen atoms in total. The second-order valence-electron chi connectivity index (χ2n) is 5.75. The van der Waals surface area contributed by atoms with Gasteiger partial charge in [-0.25, -0.2) is 4.98 Å². The SMILES string of the molecule is COc1ccc(Oc2ncnc(NNC(=O)Cc3ccccc3)c2[N+](=O)[O-])cc1. The zero-order chi connectivity index (χ0) is 20.6. The molecule has 0 aliphatic carbocycles. The van der Waals surface area contributed by atoms with Crippen molar-refractivity contribution in [3.8, 4) is 17.4 Å². The molecule has 0 radical (unpaired) electrons. The van der Waals surface area contributed by atoms with E-state index in [4.69, 9.17) is 9.47 Å². The first kappa shape index (κ1) is 19.5. The van der Waals surface area contributed by atoms with Crippen LogP contribution in [0.4, 0.5) is 11.5 Å². The van der Waals surface area contributed by atoms with Crippen molar-refractivity contribution in [3.63, 3.8) is 0 Å². The summed E-state index contributed by atoms with van der Waals surface area (Å²) in [5, 5.41) is 11.5. The van der Waals surface area contributed by atoms with E-state index in [9.17, 15) is 14.9 Å². The minimum Gasteiger partial charge on any atom is -0.497 e. The van der Waals surface area contributed by atoms with Crippen molar-refractivity contribution in [3.05, 3.63) is 76.6 Å². The second kappa shape index (κ2) is 9.13. The molecule has 148 valence electrons. The maximum Gasteiger partial charge on any atom is 0.374 e. The predicted octanol–water partition coefficient (Wildman–Crippen LogP) is 2.87. The van der Waals surface area contributed by atoms with E-state index in [1.807, 2.05) is 18.2 Å². The molecule has 0 atom stereocenters. The van der Waals surface area contributed by atoms with Crippen molar-refractivity contribution in [1.29, 1.82) is 0 Å². The van der Waals surface area contributed by atoms with Gasteiger partial charge in [0.2, 0.25) is 11.7 Å². The summed E-state index contributed by atoms with van der Waals surface area (Å²) in [5.74, 6) is 0.0799. The van der Waals surface area contributed by atoms with Crippen LogP contribution in [0.25, 0.3) is 0 Å². The second-order valence-corrected chi connectivity index (χ2v) is 5.75. The number of aromatic nitrogens is 2. The Bertz CT molecular complexity index is 996. The van der Waals surface area contributed by atoms with Gasteiger partial charge in [-0.15, -0.1) is 0 Å². The number of methoxy groups -OCH3 is 1. The highest BCUT2D eigenvalue weighted by molar-refractivity contribution is 5.80. The third kappa shape index (κ3) is 5.16. The van der Waals surface area contributed by atoms with Crippen LogP contribution < -0.4 is 20.3 Å². The number of nitrogens with one attached hydrogen (secondary N) is 2. The molecule has 0 saturated carbocycles. The molecule has 0 aliphatic rings. The van der Waals surface area contributed by atoms with Crippen molar-refractivity contribution in [2.75, 3.05) is 12.5 Å². The number of rotatable bonds is 8. The quantitative estimate of drug-likeness (QED) is 0.440. The van der Waals surface area contributed by atoms with Crippen molar-refractivity contribution in [2.45, 2.75) is 6.42 Å². The van der Waals surface area contributed by atoms with Gasteiger partial charge in [-0.1, -0.05) is 30.3 Å². The number of nitrogens with zero attached hydrogens (tertiary/aromatic N) is 3. The summed E-state index contributed by atoms with van der Waals surface area (Å²) in [6, 6.07) is 15.5. The number of anilines is 1. The molecule has 10 heteroatoms. The zero-order valence-electron chi connectivity index (χ0n) is 15.4. The molecule has 29 heavy (non-hydrogen) atoms. The van der Waals surface area contributed by atoms with Crippen LogP contribution in [-0.4, -0.2) is 27.9 Å². The van der Waals surface area contributed by atoms with Crippen LogP contribution in [-0.2, 0) is 11.2 Å². The molecular weight excluding hydrogens is 378 g/mol. The van der Waals surface area contributed by atoms with Crippen LogP contribution in [0.1, 0.15) is 5.56 Å². The highest BCUT2D eigenvalue weighted by atomic mass is 16.6. The normalized spacial score (nSPS) is 10.1. The first-order chi connectivity index (χ1) is 14.1. The summed E-state index contributed by atoms with van der Waals surface area (Å²) in [5.41, 5.74) is 5.15. The molecular formula is C19H17N5O5. The molecule has 1 heterocycles. The van der Waals surface area contributed by atoms with Gasteiger partial charge >= 0.3 is 11.6 Å². The summed E-state index contributed by atoms with van der Waals surface area (Å²) in [7, 11) is 1.52. The maximum absolute atomic E-state index is 12.1. The van der Waals surface area contributed by atoms with E-state index in [0.717, 1.165) is 11.9 Å². The third-order valence-electron chi connectivity index (χ3n) is 3.77. The van der Waals surface area contributed by atoms with Gasteiger partial charge in [0.25, 0.3) is 0 Å². The number of nitro groups is 1. The fourth-order valence-electron chi connectivity index (χ4n) is 2.40. The summed E-state index contributed by atoms with van der Waals surface area (Å²) in [6.07, 6.45) is 1.19. The molecule has 1 amide bonds. The molecule has 1 aromatic heterocycles. The van der Waals surface area contributed by atoms with E-state index < -0.39 is 10.6 Å². The fraction of sp³-hybridized carbons (Fsp3) is 0.105. The Balaban J connectivity index is 1.73. The van der Waals surface area contributed by atoms with E-state index >= 15 is 0 Å². The maximum atomic E-state index is 12.1. The van der Waals surface area contributed by atoms with Gasteiger partial charge in [-0.3, -0.25) is 25.8 Å². The fourth-order valence-corrected chi connectivity index (χ4v) is 2.40. The van der Waals surface area contributed by atoms with E-state index in [1.165, 1.54) is 7.11 Å². The number of ether oxygens (including phenoxy) is 2. The monoisotopic (exact) mass is 395 g/mol. The first-order valence-electron chi connectivity index (χ1n) is 8.47. The molecule has 0 bridgehead atoms. The summed E-state index contributed by atoms with van der Waals surface area (Å²) in [4.78, 5) is 30.6. The summed E-state index contributed by atoms with van der Waals surface area (Å²) >= 11 is 0. The smallest absolute Gasteiger partial charge is 0.374 e. The number of hydrogen-bond acceptors (Lipinski definition) is 8. The Kier molecular flexibility index (Phi) is 6.15. The Labute approximate surface area is 165 Å². The zero-order valence-corrected chi connectivity index (χ0v) is 15.4. The Morgan fingerprint density at radius 3 is 2.41 bits per heavy atom. The van der Waals surface area contributed by atoms with E-state index in [1.54, 1.807) is 36.4 Å². The highest BCUT2D eigenvalue weighted by Crippen LogP contribution is 2.34. The van der Waals surface area contributed by atoms with Crippen molar-refractivity contribution < 1.29 is 19.2 Å². The first-order valence-corrected chi connectivity index (χ1v) is 8.47. The third-order valence-corrected chi connectivity index (χ3v) is 3.77. The van der Waals surface area contributed by atoms with Crippen LogP contribution in [0.5, 0.6) is 17.4 Å². The van der Waals surface area contributed by atoms with Crippen molar-refractivity contribution in [2.24, 2.45) is 0 Å². The number of benzene rings is 2. The number of amides is 1. The highest BCUT2D eigenvalue weighted by Gasteiger charge is 2.25. The van der Waals surface area contributed by atoms with Crippen LogP contribution >= 0.6 is 0 Å². The lowest BCUT2D eigenvalue weighted by Gasteiger charge is -2.10. The van der Waals surface area contributed by atoms with E-state index in [-0.39, 0.29) is 24.0 Å². The lowest BCUT2D eigenvalue weighted by atomic mass is 10.1. The molecule has 2 N–H and O–H groups in total. The molecule has 0 aliphatic heterocycles. The number of carbonyl (C=O) groups is 1. The standard InChI is InChI=1S/C19H17N5O5/c1-28-14-7-9-15(10-8-14)29-19-17(24(26)27)18(20-12-21-19)23-22-16(25)11-13-5-3-2-4-6-13/h2-10,12H,11H2,1H3,(H,22,25)(H,20,21,23). The number of hydrogen-bond donors (Lipinski definition) is 2. The number of carbonyl (C=O) groups excluding carboxylic acids is 1. The molecule has 2 aromatic carbocycles. The lowest BCUT2D eigenvalue weighted by molar-refractivity contribution is -0.385. The topological polar surface area (TPSA) is 129 Å². The largest absolute Gasteiger partial charge is 0.497 e. The van der Waals surface area contributed by atoms with Crippen LogP contribution in [0.3, 0.4) is 0 Å². The van der Waals surface area contributed by atoms with Gasteiger partial charge in [0.05, 0.1) is 18.5 Å². The summed E-state index contributed by atoms with van der Waals surface area (Å²) < 4.78 is 10.6. The van der Waals surface area contributed by atoms with Gasteiger partial charge in [0.15, 0.2) is 0 Å². The minimum atomic E-state index is -0.690. The Morgan fingerprint density at radius 1 is 1.07 bits per heavy atom. The van der Waals surface area contributed by atoms with Crippen LogP contribution in [0.15, 0.2) is 60.9 Å². The molecule has 0 unspecified atom stereocenters. The minimum absolute atomic E-state index is 0.0991.